The highest BCUT2D eigenvalue weighted by Gasteiger charge is 2.34. The maximum atomic E-state index is 12.6. The van der Waals surface area contributed by atoms with Crippen molar-refractivity contribution in [1.82, 2.24) is 9.47 Å². The summed E-state index contributed by atoms with van der Waals surface area (Å²) in [7, 11) is 2.98. The lowest BCUT2D eigenvalue weighted by molar-refractivity contribution is 0.0174. The Morgan fingerprint density at radius 1 is 1.12 bits per heavy atom. The molecule has 0 bridgehead atoms. The zero-order valence-corrected chi connectivity index (χ0v) is 14.9. The Labute approximate surface area is 150 Å². The molecule has 0 spiro atoms. The molecule has 3 rings (SSSR count). The number of ether oxygens (including phenoxy) is 2. The average molecular weight is 356 g/mol. The second-order valence-corrected chi connectivity index (χ2v) is 6.22. The zero-order valence-electron chi connectivity index (χ0n) is 14.9. The molecule has 26 heavy (non-hydrogen) atoms. The molecule has 7 nitrogen and oxygen atoms in total. The number of hydrogen-bond donors (Lipinski definition) is 0. The van der Waals surface area contributed by atoms with E-state index in [9.17, 15) is 14.4 Å². The summed E-state index contributed by atoms with van der Waals surface area (Å²) in [5.41, 5.74) is 1.21. The molecule has 1 amide bonds. The fourth-order valence-corrected chi connectivity index (χ4v) is 2.80. The predicted octanol–water partition coefficient (Wildman–Crippen LogP) is 1.38. The molecule has 0 unspecified atom stereocenters. The van der Waals surface area contributed by atoms with Crippen molar-refractivity contribution in [1.29, 1.82) is 0 Å². The highest BCUT2D eigenvalue weighted by Crippen LogP contribution is 2.21. The van der Waals surface area contributed by atoms with Crippen LogP contribution >= 0.6 is 0 Å². The summed E-state index contributed by atoms with van der Waals surface area (Å²) in [6, 6.07) is 9.78. The molecule has 0 atom stereocenters. The first-order chi connectivity index (χ1) is 12.4. The lowest BCUT2D eigenvalue weighted by Gasteiger charge is -2.39. The first kappa shape index (κ1) is 17.7. The van der Waals surface area contributed by atoms with E-state index in [4.69, 9.17) is 9.47 Å². The topological polar surface area (TPSA) is 77.8 Å². The van der Waals surface area contributed by atoms with Gasteiger partial charge in [-0.05, 0) is 25.1 Å². The van der Waals surface area contributed by atoms with Crippen LogP contribution in [0.3, 0.4) is 0 Å². The van der Waals surface area contributed by atoms with Crippen LogP contribution in [0.25, 0.3) is 0 Å². The Bertz CT molecular complexity index is 912. The molecule has 0 saturated carbocycles. The van der Waals surface area contributed by atoms with Gasteiger partial charge in [0.2, 0.25) is 0 Å². The summed E-state index contributed by atoms with van der Waals surface area (Å²) in [6.45, 7) is 2.61. The van der Waals surface area contributed by atoms with Crippen LogP contribution in [-0.2, 0) is 11.8 Å². The summed E-state index contributed by atoms with van der Waals surface area (Å²) in [5.74, 6) is -0.290. The number of rotatable bonds is 4. The number of aryl methyl sites for hydroxylation is 1. The quantitative estimate of drug-likeness (QED) is 0.774. The fraction of sp³-hybridized carbons (Fsp3) is 0.316. The molecule has 1 saturated heterocycles. The number of benzene rings is 1. The van der Waals surface area contributed by atoms with Gasteiger partial charge in [-0.25, -0.2) is 4.79 Å². The molecule has 1 aromatic carbocycles. The molecule has 1 fully saturated rings. The average Bonchev–Trinajstić information content (AvgIpc) is 2.61. The zero-order chi connectivity index (χ0) is 18.8. The highest BCUT2D eigenvalue weighted by atomic mass is 16.5. The largest absolute Gasteiger partial charge is 0.486 e. The monoisotopic (exact) mass is 356 g/mol. The van der Waals surface area contributed by atoms with E-state index in [2.05, 4.69) is 0 Å². The van der Waals surface area contributed by atoms with Crippen LogP contribution < -0.4 is 10.3 Å². The normalized spacial score (nSPS) is 13.9. The van der Waals surface area contributed by atoms with Crippen molar-refractivity contribution in [2.24, 2.45) is 7.05 Å². The smallest absolute Gasteiger partial charge is 0.338 e. The van der Waals surface area contributed by atoms with Crippen molar-refractivity contribution in [2.75, 3.05) is 20.2 Å². The molecule has 0 radical (unpaired) electrons. The number of carbonyl (C=O) groups excluding carboxylic acids is 2. The van der Waals surface area contributed by atoms with E-state index in [1.54, 1.807) is 42.3 Å². The van der Waals surface area contributed by atoms with Crippen LogP contribution in [0.5, 0.6) is 5.75 Å². The lowest BCUT2D eigenvalue weighted by atomic mass is 10.0. The summed E-state index contributed by atoms with van der Waals surface area (Å²) in [6.07, 6.45) is -0.184. The van der Waals surface area contributed by atoms with Gasteiger partial charge in [0.15, 0.2) is 0 Å². The van der Waals surface area contributed by atoms with Crippen molar-refractivity contribution in [3.8, 4) is 5.75 Å². The minimum atomic E-state index is -0.544. The van der Waals surface area contributed by atoms with Crippen LogP contribution in [0.1, 0.15) is 26.4 Å². The van der Waals surface area contributed by atoms with Crippen molar-refractivity contribution in [3.63, 3.8) is 0 Å². The van der Waals surface area contributed by atoms with Gasteiger partial charge in [0, 0.05) is 18.8 Å². The third-order valence-electron chi connectivity index (χ3n) is 4.48. The summed E-state index contributed by atoms with van der Waals surface area (Å²) in [4.78, 5) is 37.9. The molecule has 0 N–H and O–H groups in total. The summed E-state index contributed by atoms with van der Waals surface area (Å²) in [5, 5.41) is 0. The maximum absolute atomic E-state index is 12.6. The third kappa shape index (κ3) is 3.33. The fourth-order valence-electron chi connectivity index (χ4n) is 2.80. The Balaban J connectivity index is 1.66. The number of esters is 1. The first-order valence-corrected chi connectivity index (χ1v) is 8.21. The van der Waals surface area contributed by atoms with Crippen LogP contribution in [-0.4, -0.2) is 47.6 Å². The van der Waals surface area contributed by atoms with E-state index in [0.717, 1.165) is 5.69 Å². The molecule has 1 aromatic heterocycles. The van der Waals surface area contributed by atoms with E-state index in [0.29, 0.717) is 24.4 Å². The molecule has 2 heterocycles. The van der Waals surface area contributed by atoms with Crippen LogP contribution in [0.15, 0.2) is 41.2 Å². The standard InChI is InChI=1S/C19H20N2O5/c1-12-8-13(9-17(22)20(12)2)26-14-10-21(11-14)18(23)15-6-4-5-7-16(15)19(24)25-3/h4-9,14H,10-11H2,1-3H3. The summed E-state index contributed by atoms with van der Waals surface area (Å²) >= 11 is 0. The van der Waals surface area contributed by atoms with Gasteiger partial charge < -0.3 is 18.9 Å². The van der Waals surface area contributed by atoms with Crippen LogP contribution in [0, 0.1) is 6.92 Å². The van der Waals surface area contributed by atoms with E-state index < -0.39 is 5.97 Å². The van der Waals surface area contributed by atoms with Gasteiger partial charge in [0.05, 0.1) is 31.3 Å². The molecular weight excluding hydrogens is 336 g/mol. The number of nitrogens with zero attached hydrogens (tertiary/aromatic N) is 2. The minimum Gasteiger partial charge on any atom is -0.486 e. The van der Waals surface area contributed by atoms with Crippen molar-refractivity contribution in [3.05, 3.63) is 63.6 Å². The second-order valence-electron chi connectivity index (χ2n) is 6.22. The van der Waals surface area contributed by atoms with E-state index in [-0.39, 0.29) is 23.1 Å². The molecule has 7 heteroatoms. The van der Waals surface area contributed by atoms with Crippen molar-refractivity contribution in [2.45, 2.75) is 13.0 Å². The van der Waals surface area contributed by atoms with Gasteiger partial charge in [-0.2, -0.15) is 0 Å². The Morgan fingerprint density at radius 2 is 1.77 bits per heavy atom. The number of amides is 1. The Morgan fingerprint density at radius 3 is 2.38 bits per heavy atom. The second kappa shape index (κ2) is 7.03. The van der Waals surface area contributed by atoms with Gasteiger partial charge in [-0.15, -0.1) is 0 Å². The van der Waals surface area contributed by atoms with E-state index in [1.165, 1.54) is 17.7 Å². The van der Waals surface area contributed by atoms with Crippen LogP contribution in [0.2, 0.25) is 0 Å². The number of hydrogen-bond acceptors (Lipinski definition) is 5. The minimum absolute atomic E-state index is 0.140. The number of carbonyl (C=O) groups is 2. The Kier molecular flexibility index (Phi) is 4.79. The summed E-state index contributed by atoms with van der Waals surface area (Å²) < 4.78 is 12.0. The van der Waals surface area contributed by atoms with Gasteiger partial charge in [-0.1, -0.05) is 12.1 Å². The molecular formula is C19H20N2O5. The maximum Gasteiger partial charge on any atom is 0.338 e. The SMILES string of the molecule is COC(=O)c1ccccc1C(=O)N1CC(Oc2cc(C)n(C)c(=O)c2)C1. The van der Waals surface area contributed by atoms with Gasteiger partial charge >= 0.3 is 5.97 Å². The van der Waals surface area contributed by atoms with E-state index in [1.807, 2.05) is 6.92 Å². The first-order valence-electron chi connectivity index (χ1n) is 8.21. The molecule has 2 aromatic rings. The highest BCUT2D eigenvalue weighted by molar-refractivity contribution is 6.05. The van der Waals surface area contributed by atoms with Crippen molar-refractivity contribution >= 4 is 11.9 Å². The third-order valence-corrected chi connectivity index (χ3v) is 4.48. The number of methoxy groups -OCH3 is 1. The number of likely N-dealkylation sites (tertiary alicyclic amines) is 1. The number of aromatic nitrogens is 1. The Hall–Kier alpha value is -3.09. The molecule has 136 valence electrons. The van der Waals surface area contributed by atoms with Gasteiger partial charge in [0.25, 0.3) is 11.5 Å². The number of pyridine rings is 1. The molecule has 1 aliphatic heterocycles. The van der Waals surface area contributed by atoms with Crippen molar-refractivity contribution < 1.29 is 19.1 Å². The molecule has 0 aliphatic carbocycles. The van der Waals surface area contributed by atoms with E-state index >= 15 is 0 Å². The predicted molar refractivity (Wildman–Crippen MR) is 94.5 cm³/mol. The van der Waals surface area contributed by atoms with Gasteiger partial charge in [-0.3, -0.25) is 9.59 Å². The molecule has 1 aliphatic rings. The van der Waals surface area contributed by atoms with Crippen LogP contribution in [0.4, 0.5) is 0 Å². The lowest BCUT2D eigenvalue weighted by Crippen LogP contribution is -2.56. The van der Waals surface area contributed by atoms with Gasteiger partial charge in [0.1, 0.15) is 11.9 Å².